The maximum absolute atomic E-state index is 5.86. The molecule has 0 aromatic rings. The Labute approximate surface area is 101 Å². The zero-order chi connectivity index (χ0) is 12.1. The topological polar surface area (TPSA) is 32.5 Å². The lowest BCUT2D eigenvalue weighted by atomic mass is 10.0. The van der Waals surface area contributed by atoms with Crippen molar-refractivity contribution in [2.24, 2.45) is 17.6 Å². The van der Waals surface area contributed by atoms with Gasteiger partial charge in [-0.3, -0.25) is 4.90 Å². The minimum Gasteiger partial charge on any atom is -0.329 e. The minimum atomic E-state index is 0.571. The van der Waals surface area contributed by atoms with Crippen LogP contribution in [0, 0.1) is 11.8 Å². The smallest absolute Gasteiger partial charge is 0.0242 e. The summed E-state index contributed by atoms with van der Waals surface area (Å²) in [5.74, 6) is 1.45. The van der Waals surface area contributed by atoms with Crippen LogP contribution >= 0.6 is 0 Å². The van der Waals surface area contributed by atoms with Crippen molar-refractivity contribution in [3.63, 3.8) is 0 Å². The second kappa shape index (κ2) is 6.58. The van der Waals surface area contributed by atoms with Crippen LogP contribution in [-0.2, 0) is 0 Å². The predicted octanol–water partition coefficient (Wildman–Crippen LogP) is 1.24. The van der Waals surface area contributed by atoms with E-state index in [1.165, 1.54) is 32.7 Å². The Bertz CT molecular complexity index is 184. The van der Waals surface area contributed by atoms with Crippen molar-refractivity contribution in [1.82, 2.24) is 9.80 Å². The standard InChI is InChI=1S/C13H29N3/c1-11(2)10-15-5-7-16(8-6-15)13(9-14)12(3)4/h11-13H,5-10,14H2,1-4H3. The maximum Gasteiger partial charge on any atom is 0.0242 e. The lowest BCUT2D eigenvalue weighted by Gasteiger charge is -2.41. The average molecular weight is 227 g/mol. The Morgan fingerprint density at radius 2 is 1.56 bits per heavy atom. The first-order valence-corrected chi connectivity index (χ1v) is 6.71. The SMILES string of the molecule is CC(C)CN1CCN(C(CN)C(C)C)CC1. The summed E-state index contributed by atoms with van der Waals surface area (Å²) in [6.45, 7) is 16.0. The van der Waals surface area contributed by atoms with Crippen LogP contribution in [-0.4, -0.2) is 55.1 Å². The fourth-order valence-corrected chi connectivity index (χ4v) is 2.64. The highest BCUT2D eigenvalue weighted by atomic mass is 15.3. The van der Waals surface area contributed by atoms with E-state index in [-0.39, 0.29) is 0 Å². The number of nitrogens with zero attached hydrogens (tertiary/aromatic N) is 2. The summed E-state index contributed by atoms with van der Waals surface area (Å²) in [4.78, 5) is 5.15. The summed E-state index contributed by atoms with van der Waals surface area (Å²) in [6.07, 6.45) is 0. The summed E-state index contributed by atoms with van der Waals surface area (Å²) >= 11 is 0. The molecular weight excluding hydrogens is 198 g/mol. The lowest BCUT2D eigenvalue weighted by Crippen LogP contribution is -2.54. The molecule has 1 aliphatic rings. The van der Waals surface area contributed by atoms with E-state index in [0.717, 1.165) is 12.5 Å². The first kappa shape index (κ1) is 13.9. The monoisotopic (exact) mass is 227 g/mol. The number of hydrogen-bond acceptors (Lipinski definition) is 3. The first-order valence-electron chi connectivity index (χ1n) is 6.71. The van der Waals surface area contributed by atoms with Crippen molar-refractivity contribution in [1.29, 1.82) is 0 Å². The molecule has 1 heterocycles. The molecule has 0 bridgehead atoms. The molecule has 0 radical (unpaired) electrons. The number of rotatable bonds is 5. The molecule has 0 saturated carbocycles. The molecule has 0 spiro atoms. The van der Waals surface area contributed by atoms with Gasteiger partial charge in [-0.1, -0.05) is 27.7 Å². The molecule has 3 nitrogen and oxygen atoms in total. The number of hydrogen-bond donors (Lipinski definition) is 1. The third-order valence-electron chi connectivity index (χ3n) is 3.51. The van der Waals surface area contributed by atoms with Crippen LogP contribution in [0.3, 0.4) is 0 Å². The number of nitrogens with two attached hydrogens (primary N) is 1. The van der Waals surface area contributed by atoms with Gasteiger partial charge >= 0.3 is 0 Å². The van der Waals surface area contributed by atoms with Crippen molar-refractivity contribution in [3.8, 4) is 0 Å². The Kier molecular flexibility index (Phi) is 5.73. The van der Waals surface area contributed by atoms with E-state index in [1.807, 2.05) is 0 Å². The summed E-state index contributed by atoms with van der Waals surface area (Å²) in [5.41, 5.74) is 5.86. The highest BCUT2D eigenvalue weighted by molar-refractivity contribution is 4.81. The zero-order valence-corrected chi connectivity index (χ0v) is 11.4. The molecule has 1 unspecified atom stereocenters. The quantitative estimate of drug-likeness (QED) is 0.767. The average Bonchev–Trinajstić information content (AvgIpc) is 2.20. The molecular formula is C13H29N3. The van der Waals surface area contributed by atoms with Crippen LogP contribution in [0.1, 0.15) is 27.7 Å². The predicted molar refractivity (Wildman–Crippen MR) is 70.5 cm³/mol. The summed E-state index contributed by atoms with van der Waals surface area (Å²) in [5, 5.41) is 0. The van der Waals surface area contributed by atoms with Gasteiger partial charge < -0.3 is 10.6 Å². The van der Waals surface area contributed by atoms with Gasteiger partial charge in [0, 0.05) is 45.3 Å². The maximum atomic E-state index is 5.86. The van der Waals surface area contributed by atoms with E-state index >= 15 is 0 Å². The fourth-order valence-electron chi connectivity index (χ4n) is 2.64. The molecule has 1 saturated heterocycles. The molecule has 0 aromatic heterocycles. The van der Waals surface area contributed by atoms with Crippen LogP contribution in [0.4, 0.5) is 0 Å². The fraction of sp³-hybridized carbons (Fsp3) is 1.00. The molecule has 2 N–H and O–H groups in total. The van der Waals surface area contributed by atoms with Crippen molar-refractivity contribution in [3.05, 3.63) is 0 Å². The second-order valence-corrected chi connectivity index (χ2v) is 5.78. The molecule has 1 rings (SSSR count). The van der Waals surface area contributed by atoms with Crippen LogP contribution < -0.4 is 5.73 Å². The Hall–Kier alpha value is -0.120. The van der Waals surface area contributed by atoms with Crippen molar-refractivity contribution in [2.45, 2.75) is 33.7 Å². The molecule has 1 fully saturated rings. The van der Waals surface area contributed by atoms with E-state index in [4.69, 9.17) is 5.73 Å². The van der Waals surface area contributed by atoms with E-state index < -0.39 is 0 Å². The molecule has 1 aliphatic heterocycles. The zero-order valence-electron chi connectivity index (χ0n) is 11.4. The normalized spacial score (nSPS) is 21.9. The van der Waals surface area contributed by atoms with Crippen LogP contribution in [0.15, 0.2) is 0 Å². The van der Waals surface area contributed by atoms with Gasteiger partial charge in [0.15, 0.2) is 0 Å². The molecule has 96 valence electrons. The molecule has 16 heavy (non-hydrogen) atoms. The third-order valence-corrected chi connectivity index (χ3v) is 3.51. The Balaban J connectivity index is 2.36. The van der Waals surface area contributed by atoms with Gasteiger partial charge in [-0.25, -0.2) is 0 Å². The van der Waals surface area contributed by atoms with Crippen LogP contribution in [0.5, 0.6) is 0 Å². The number of piperazine rings is 1. The van der Waals surface area contributed by atoms with Gasteiger partial charge in [0.2, 0.25) is 0 Å². The molecule has 1 atom stereocenters. The van der Waals surface area contributed by atoms with Crippen LogP contribution in [0.2, 0.25) is 0 Å². The second-order valence-electron chi connectivity index (χ2n) is 5.78. The molecule has 0 aliphatic carbocycles. The first-order chi connectivity index (χ1) is 7.54. The van der Waals surface area contributed by atoms with Gasteiger partial charge in [0.25, 0.3) is 0 Å². The third kappa shape index (κ3) is 4.04. The summed E-state index contributed by atoms with van der Waals surface area (Å²) in [7, 11) is 0. The molecule has 3 heteroatoms. The van der Waals surface area contributed by atoms with E-state index in [9.17, 15) is 0 Å². The van der Waals surface area contributed by atoms with E-state index in [2.05, 4.69) is 37.5 Å². The Morgan fingerprint density at radius 3 is 1.94 bits per heavy atom. The highest BCUT2D eigenvalue weighted by Gasteiger charge is 2.24. The highest BCUT2D eigenvalue weighted by Crippen LogP contribution is 2.13. The van der Waals surface area contributed by atoms with Crippen molar-refractivity contribution in [2.75, 3.05) is 39.3 Å². The largest absolute Gasteiger partial charge is 0.329 e. The van der Waals surface area contributed by atoms with Gasteiger partial charge in [0.1, 0.15) is 0 Å². The van der Waals surface area contributed by atoms with Crippen molar-refractivity contribution < 1.29 is 0 Å². The van der Waals surface area contributed by atoms with Gasteiger partial charge in [0.05, 0.1) is 0 Å². The Morgan fingerprint density at radius 1 is 1.00 bits per heavy atom. The lowest BCUT2D eigenvalue weighted by molar-refractivity contribution is 0.0741. The van der Waals surface area contributed by atoms with E-state index in [0.29, 0.717) is 12.0 Å². The molecule has 0 amide bonds. The van der Waals surface area contributed by atoms with Gasteiger partial charge in [-0.05, 0) is 11.8 Å². The van der Waals surface area contributed by atoms with Crippen molar-refractivity contribution >= 4 is 0 Å². The summed E-state index contributed by atoms with van der Waals surface area (Å²) < 4.78 is 0. The van der Waals surface area contributed by atoms with Gasteiger partial charge in [-0.15, -0.1) is 0 Å². The minimum absolute atomic E-state index is 0.571. The van der Waals surface area contributed by atoms with Gasteiger partial charge in [-0.2, -0.15) is 0 Å². The summed E-state index contributed by atoms with van der Waals surface area (Å²) in [6, 6.07) is 0.571. The molecule has 0 aromatic carbocycles. The van der Waals surface area contributed by atoms with Crippen LogP contribution in [0.25, 0.3) is 0 Å². The van der Waals surface area contributed by atoms with E-state index in [1.54, 1.807) is 0 Å².